The number of carbonyl (C=O) groups is 1. The van der Waals surface area contributed by atoms with Crippen LogP contribution in [0.5, 0.6) is 0 Å². The number of aromatic nitrogens is 1. The first kappa shape index (κ1) is 14.8. The second-order valence-electron chi connectivity index (χ2n) is 5.22. The molecule has 1 N–H and O–H groups in total. The Hall–Kier alpha value is -2.13. The molecular weight excluding hydrogens is 338 g/mol. The summed E-state index contributed by atoms with van der Waals surface area (Å²) in [5.74, 6) is 0.197. The smallest absolute Gasteiger partial charge is 0.163 e. The first-order valence-corrected chi connectivity index (χ1v) is 8.00. The number of ketones is 1. The van der Waals surface area contributed by atoms with Crippen molar-refractivity contribution in [1.29, 1.82) is 0 Å². The maximum atomic E-state index is 12.6. The molecule has 0 aliphatic heterocycles. The summed E-state index contributed by atoms with van der Waals surface area (Å²) in [6, 6.07) is 21.7. The maximum Gasteiger partial charge on any atom is 0.163 e. The van der Waals surface area contributed by atoms with Crippen LogP contribution >= 0.6 is 15.9 Å². The van der Waals surface area contributed by atoms with Crippen molar-refractivity contribution in [3.8, 4) is 0 Å². The molecule has 0 aliphatic carbocycles. The third-order valence-electron chi connectivity index (χ3n) is 3.76. The molecule has 0 radical (unpaired) electrons. The van der Waals surface area contributed by atoms with Crippen LogP contribution in [0, 0.1) is 0 Å². The van der Waals surface area contributed by atoms with Gasteiger partial charge in [0.25, 0.3) is 0 Å². The van der Waals surface area contributed by atoms with Gasteiger partial charge in [-0.25, -0.2) is 0 Å². The van der Waals surface area contributed by atoms with E-state index >= 15 is 0 Å². The second-order valence-corrected chi connectivity index (χ2v) is 6.14. The van der Waals surface area contributed by atoms with Crippen molar-refractivity contribution in [2.45, 2.75) is 12.3 Å². The lowest BCUT2D eigenvalue weighted by Crippen LogP contribution is -2.09. The number of Topliss-reactive ketones (excluding diaryl/α,β-unsaturated/α-hetero) is 1. The van der Waals surface area contributed by atoms with Gasteiger partial charge in [-0.1, -0.05) is 58.4 Å². The summed E-state index contributed by atoms with van der Waals surface area (Å²) in [6.07, 6.45) is 2.35. The molecule has 0 saturated carbocycles. The highest BCUT2D eigenvalue weighted by Gasteiger charge is 2.19. The van der Waals surface area contributed by atoms with Crippen molar-refractivity contribution >= 4 is 21.7 Å². The zero-order valence-electron chi connectivity index (χ0n) is 12.0. The molecule has 3 heteroatoms. The van der Waals surface area contributed by atoms with Gasteiger partial charge in [-0.15, -0.1) is 0 Å². The number of aromatic amines is 1. The SMILES string of the molecule is O=C(C[C@@H](c1ccccc1)c1ccc[nH]1)c1ccc(Br)cc1. The number of halogens is 1. The van der Waals surface area contributed by atoms with Crippen LogP contribution in [0.4, 0.5) is 0 Å². The van der Waals surface area contributed by atoms with Gasteiger partial charge in [-0.2, -0.15) is 0 Å². The first-order valence-electron chi connectivity index (χ1n) is 7.21. The molecule has 0 aliphatic rings. The molecular formula is C19H16BrNO. The summed E-state index contributed by atoms with van der Waals surface area (Å²) in [5, 5.41) is 0. The van der Waals surface area contributed by atoms with Gasteiger partial charge < -0.3 is 4.98 Å². The quantitative estimate of drug-likeness (QED) is 0.629. The van der Waals surface area contributed by atoms with Gasteiger partial charge in [0, 0.05) is 34.3 Å². The highest BCUT2D eigenvalue weighted by molar-refractivity contribution is 9.10. The molecule has 22 heavy (non-hydrogen) atoms. The third kappa shape index (κ3) is 3.37. The summed E-state index contributed by atoms with van der Waals surface area (Å²) >= 11 is 3.40. The highest BCUT2D eigenvalue weighted by atomic mass is 79.9. The Kier molecular flexibility index (Phi) is 4.54. The van der Waals surface area contributed by atoms with Gasteiger partial charge in [-0.05, 0) is 29.8 Å². The Morgan fingerprint density at radius 3 is 2.32 bits per heavy atom. The minimum absolute atomic E-state index is 0.0485. The predicted octanol–water partition coefficient (Wildman–Crippen LogP) is 5.18. The number of hydrogen-bond acceptors (Lipinski definition) is 1. The monoisotopic (exact) mass is 353 g/mol. The van der Waals surface area contributed by atoms with Crippen LogP contribution in [0.2, 0.25) is 0 Å². The summed E-state index contributed by atoms with van der Waals surface area (Å²) < 4.78 is 0.980. The Labute approximate surface area is 138 Å². The minimum Gasteiger partial charge on any atom is -0.364 e. The highest BCUT2D eigenvalue weighted by Crippen LogP contribution is 2.28. The molecule has 1 heterocycles. The number of H-pyrrole nitrogens is 1. The fraction of sp³-hybridized carbons (Fsp3) is 0.105. The lowest BCUT2D eigenvalue weighted by Gasteiger charge is -2.16. The molecule has 0 fully saturated rings. The molecule has 0 bridgehead atoms. The molecule has 0 unspecified atom stereocenters. The van der Waals surface area contributed by atoms with E-state index in [0.29, 0.717) is 6.42 Å². The third-order valence-corrected chi connectivity index (χ3v) is 4.28. The van der Waals surface area contributed by atoms with Crippen molar-refractivity contribution < 1.29 is 4.79 Å². The molecule has 110 valence electrons. The van der Waals surface area contributed by atoms with Crippen LogP contribution in [0.1, 0.15) is 34.0 Å². The molecule has 0 amide bonds. The molecule has 3 rings (SSSR count). The van der Waals surface area contributed by atoms with Crippen molar-refractivity contribution in [3.63, 3.8) is 0 Å². The first-order chi connectivity index (χ1) is 10.7. The number of hydrogen-bond donors (Lipinski definition) is 1. The van der Waals surface area contributed by atoms with E-state index in [1.54, 1.807) is 0 Å². The van der Waals surface area contributed by atoms with Gasteiger partial charge >= 0.3 is 0 Å². The van der Waals surface area contributed by atoms with Gasteiger partial charge in [-0.3, -0.25) is 4.79 Å². The van der Waals surface area contributed by atoms with Crippen molar-refractivity contribution in [2.24, 2.45) is 0 Å². The van der Waals surface area contributed by atoms with Gasteiger partial charge in [0.15, 0.2) is 5.78 Å². The maximum absolute atomic E-state index is 12.6. The molecule has 0 spiro atoms. The van der Waals surface area contributed by atoms with Crippen LogP contribution in [0.15, 0.2) is 77.4 Å². The largest absolute Gasteiger partial charge is 0.364 e. The zero-order valence-corrected chi connectivity index (χ0v) is 13.6. The Balaban J connectivity index is 1.87. The van der Waals surface area contributed by atoms with E-state index in [9.17, 15) is 4.79 Å². The van der Waals surface area contributed by atoms with Crippen LogP contribution in [-0.4, -0.2) is 10.8 Å². The van der Waals surface area contributed by atoms with Crippen LogP contribution in [0.25, 0.3) is 0 Å². The van der Waals surface area contributed by atoms with Crippen molar-refractivity contribution in [3.05, 3.63) is 94.2 Å². The number of carbonyl (C=O) groups excluding carboxylic acids is 1. The van der Waals surface area contributed by atoms with E-state index in [4.69, 9.17) is 0 Å². The summed E-state index contributed by atoms with van der Waals surface area (Å²) in [7, 11) is 0. The summed E-state index contributed by atoms with van der Waals surface area (Å²) in [5.41, 5.74) is 2.96. The fourth-order valence-corrected chi connectivity index (χ4v) is 2.86. The molecule has 1 aromatic heterocycles. The van der Waals surface area contributed by atoms with E-state index in [0.717, 1.165) is 21.3 Å². The fourth-order valence-electron chi connectivity index (χ4n) is 2.59. The Bertz CT molecular complexity index is 733. The van der Waals surface area contributed by atoms with E-state index < -0.39 is 0 Å². The normalized spacial score (nSPS) is 12.0. The molecule has 2 aromatic carbocycles. The minimum atomic E-state index is 0.0485. The lowest BCUT2D eigenvalue weighted by atomic mass is 9.89. The van der Waals surface area contributed by atoms with Crippen LogP contribution < -0.4 is 0 Å². The topological polar surface area (TPSA) is 32.9 Å². The van der Waals surface area contributed by atoms with Crippen LogP contribution in [-0.2, 0) is 0 Å². The van der Waals surface area contributed by atoms with Gasteiger partial charge in [0.1, 0.15) is 0 Å². The van der Waals surface area contributed by atoms with E-state index in [2.05, 4.69) is 33.0 Å². The van der Waals surface area contributed by atoms with Gasteiger partial charge in [0.05, 0.1) is 0 Å². The summed E-state index contributed by atoms with van der Waals surface area (Å²) in [4.78, 5) is 15.8. The van der Waals surface area contributed by atoms with Crippen LogP contribution in [0.3, 0.4) is 0 Å². The number of nitrogens with one attached hydrogen (secondary N) is 1. The van der Waals surface area contributed by atoms with E-state index in [1.165, 1.54) is 0 Å². The molecule has 2 nitrogen and oxygen atoms in total. The van der Waals surface area contributed by atoms with Gasteiger partial charge in [0.2, 0.25) is 0 Å². The van der Waals surface area contributed by atoms with Crippen molar-refractivity contribution in [1.82, 2.24) is 4.98 Å². The second kappa shape index (κ2) is 6.75. The average molecular weight is 354 g/mol. The van der Waals surface area contributed by atoms with E-state index in [1.807, 2.05) is 60.8 Å². The number of benzene rings is 2. The Morgan fingerprint density at radius 2 is 1.68 bits per heavy atom. The molecule has 0 saturated heterocycles. The average Bonchev–Trinajstić information content (AvgIpc) is 3.08. The molecule has 3 aromatic rings. The zero-order chi connectivity index (χ0) is 15.4. The number of rotatable bonds is 5. The molecule has 1 atom stereocenters. The standard InChI is InChI=1S/C19H16BrNO/c20-16-10-8-15(9-11-16)19(22)13-17(18-7-4-12-21-18)14-5-2-1-3-6-14/h1-12,17,21H,13H2/t17-/m0/s1. The lowest BCUT2D eigenvalue weighted by molar-refractivity contribution is 0.0977. The Morgan fingerprint density at radius 1 is 0.955 bits per heavy atom. The predicted molar refractivity (Wildman–Crippen MR) is 92.2 cm³/mol. The van der Waals surface area contributed by atoms with E-state index in [-0.39, 0.29) is 11.7 Å². The van der Waals surface area contributed by atoms with Crippen molar-refractivity contribution in [2.75, 3.05) is 0 Å². The summed E-state index contributed by atoms with van der Waals surface area (Å²) in [6.45, 7) is 0.